The van der Waals surface area contributed by atoms with Gasteiger partial charge >= 0.3 is 6.09 Å². The maximum Gasteiger partial charge on any atom is 0.407 e. The van der Waals surface area contributed by atoms with Crippen LogP contribution in [0.4, 0.5) is 4.79 Å². The molecule has 1 saturated carbocycles. The van der Waals surface area contributed by atoms with Gasteiger partial charge < -0.3 is 14.8 Å². The van der Waals surface area contributed by atoms with Crippen molar-refractivity contribution in [3.63, 3.8) is 0 Å². The van der Waals surface area contributed by atoms with Crippen molar-refractivity contribution in [2.45, 2.75) is 76.0 Å². The van der Waals surface area contributed by atoms with E-state index >= 15 is 0 Å². The summed E-state index contributed by atoms with van der Waals surface area (Å²) in [5.74, 6) is -0.635. The lowest BCUT2D eigenvalue weighted by molar-refractivity contribution is -0.142. The molecule has 4 unspecified atom stereocenters. The molecule has 3 heterocycles. The fourth-order valence-electron chi connectivity index (χ4n) is 4.99. The highest BCUT2D eigenvalue weighted by molar-refractivity contribution is 6.06. The van der Waals surface area contributed by atoms with Crippen molar-refractivity contribution >= 4 is 17.9 Å². The molecule has 3 saturated heterocycles. The van der Waals surface area contributed by atoms with Crippen LogP contribution in [0.3, 0.4) is 0 Å². The summed E-state index contributed by atoms with van der Waals surface area (Å²) in [6.45, 7) is 0.730. The molecule has 0 aromatic heterocycles. The Morgan fingerprint density at radius 1 is 1.00 bits per heavy atom. The van der Waals surface area contributed by atoms with Crippen LogP contribution in [0.2, 0.25) is 0 Å². The fourth-order valence-corrected chi connectivity index (χ4v) is 4.99. The predicted octanol–water partition coefficient (Wildman–Crippen LogP) is 1.99. The summed E-state index contributed by atoms with van der Waals surface area (Å²) in [5, 5.41) is 2.91. The minimum atomic E-state index is -0.353. The van der Waals surface area contributed by atoms with E-state index in [1.54, 1.807) is 0 Å². The molecule has 26 heavy (non-hydrogen) atoms. The summed E-state index contributed by atoms with van der Waals surface area (Å²) in [7, 11) is 0. The molecule has 7 nitrogen and oxygen atoms in total. The van der Waals surface area contributed by atoms with E-state index in [0.29, 0.717) is 26.0 Å². The van der Waals surface area contributed by atoms with E-state index in [0.717, 1.165) is 38.5 Å². The number of carbonyl (C=O) groups is 3. The first kappa shape index (κ1) is 17.8. The fraction of sp³-hybridized carbons (Fsp3) is 0.842. The van der Waals surface area contributed by atoms with E-state index < -0.39 is 0 Å². The monoisotopic (exact) mass is 364 g/mol. The number of nitrogens with zero attached hydrogens (tertiary/aromatic N) is 1. The zero-order chi connectivity index (χ0) is 18.1. The van der Waals surface area contributed by atoms with E-state index in [9.17, 15) is 14.4 Å². The molecule has 3 aliphatic heterocycles. The third-order valence-electron chi connectivity index (χ3n) is 6.31. The van der Waals surface area contributed by atoms with Crippen LogP contribution >= 0.6 is 0 Å². The Morgan fingerprint density at radius 3 is 2.31 bits per heavy atom. The second-order valence-electron chi connectivity index (χ2n) is 7.99. The number of unbranched alkanes of at least 4 members (excludes halogenated alkanes) is 1. The molecule has 0 radical (unpaired) electrons. The molecule has 144 valence electrons. The van der Waals surface area contributed by atoms with Crippen LogP contribution in [0.25, 0.3) is 0 Å². The van der Waals surface area contributed by atoms with Crippen molar-refractivity contribution < 1.29 is 23.9 Å². The molecule has 1 aliphatic carbocycles. The Kier molecular flexibility index (Phi) is 5.16. The van der Waals surface area contributed by atoms with Gasteiger partial charge in [0.25, 0.3) is 0 Å². The zero-order valence-electron chi connectivity index (χ0n) is 15.2. The Bertz CT molecular complexity index is 546. The van der Waals surface area contributed by atoms with Gasteiger partial charge in [-0.25, -0.2) is 4.79 Å². The molecular formula is C19H28N2O5. The van der Waals surface area contributed by atoms with E-state index in [4.69, 9.17) is 9.47 Å². The lowest BCUT2D eigenvalue weighted by Crippen LogP contribution is -2.37. The number of amides is 3. The first-order valence-electron chi connectivity index (χ1n) is 10.1. The summed E-state index contributed by atoms with van der Waals surface area (Å²) >= 11 is 0. The second-order valence-corrected chi connectivity index (χ2v) is 7.99. The molecule has 1 N–H and O–H groups in total. The molecule has 4 fully saturated rings. The Hall–Kier alpha value is -1.63. The number of likely N-dealkylation sites (tertiary alicyclic amines) is 1. The van der Waals surface area contributed by atoms with Crippen LogP contribution in [0.15, 0.2) is 0 Å². The highest BCUT2D eigenvalue weighted by atomic mass is 16.5. The number of alkyl carbamates (subject to hydrolysis) is 1. The third-order valence-corrected chi connectivity index (χ3v) is 6.31. The van der Waals surface area contributed by atoms with Gasteiger partial charge in [-0.2, -0.15) is 0 Å². The number of hydrogen-bond donors (Lipinski definition) is 1. The topological polar surface area (TPSA) is 84.9 Å². The SMILES string of the molecule is O=C(NC1CCCCC1)OCCCCN1C(=O)C2C3CCC(O3)C2C1=O. The standard InChI is InChI=1S/C19H28N2O5/c22-17-15-13-8-9-14(26-13)16(15)18(23)21(17)10-4-5-11-25-19(24)20-12-6-2-1-3-7-12/h12-16H,1-11H2,(H,20,24). The summed E-state index contributed by atoms with van der Waals surface area (Å²) in [6, 6.07) is 0.244. The van der Waals surface area contributed by atoms with E-state index in [1.807, 2.05) is 0 Å². The summed E-state index contributed by atoms with van der Waals surface area (Å²) in [5.41, 5.74) is 0. The molecule has 3 amide bonds. The van der Waals surface area contributed by atoms with Crippen LogP contribution in [0.5, 0.6) is 0 Å². The summed E-state index contributed by atoms with van der Waals surface area (Å²) < 4.78 is 11.0. The molecule has 0 aromatic rings. The Labute approximate surface area is 153 Å². The lowest BCUT2D eigenvalue weighted by atomic mass is 9.81. The van der Waals surface area contributed by atoms with E-state index in [-0.39, 0.29) is 48.0 Å². The first-order chi connectivity index (χ1) is 12.6. The Morgan fingerprint density at radius 2 is 1.65 bits per heavy atom. The minimum Gasteiger partial charge on any atom is -0.450 e. The van der Waals surface area contributed by atoms with Crippen LogP contribution in [0.1, 0.15) is 57.8 Å². The number of imide groups is 1. The van der Waals surface area contributed by atoms with Gasteiger partial charge in [0.1, 0.15) is 0 Å². The highest BCUT2D eigenvalue weighted by Crippen LogP contribution is 2.48. The van der Waals surface area contributed by atoms with Crippen molar-refractivity contribution in [1.29, 1.82) is 0 Å². The maximum atomic E-state index is 12.5. The largest absolute Gasteiger partial charge is 0.450 e. The van der Waals surface area contributed by atoms with Gasteiger partial charge in [0, 0.05) is 12.6 Å². The van der Waals surface area contributed by atoms with Gasteiger partial charge in [-0.05, 0) is 38.5 Å². The number of ether oxygens (including phenoxy) is 2. The maximum absolute atomic E-state index is 12.5. The second kappa shape index (κ2) is 7.55. The molecule has 4 rings (SSSR count). The van der Waals surface area contributed by atoms with Crippen LogP contribution in [0, 0.1) is 11.8 Å². The molecule has 0 aromatic carbocycles. The smallest absolute Gasteiger partial charge is 0.407 e. The number of nitrogens with one attached hydrogen (secondary N) is 1. The average molecular weight is 364 g/mol. The first-order valence-corrected chi connectivity index (χ1v) is 10.1. The number of hydrogen-bond acceptors (Lipinski definition) is 5. The highest BCUT2D eigenvalue weighted by Gasteiger charge is 2.62. The number of rotatable bonds is 6. The van der Waals surface area contributed by atoms with Gasteiger partial charge in [-0.1, -0.05) is 19.3 Å². The minimum absolute atomic E-state index is 0.0572. The number of carbonyl (C=O) groups excluding carboxylic acids is 3. The summed E-state index contributed by atoms with van der Waals surface area (Å²) in [6.07, 6.45) is 8.25. The molecule has 0 spiro atoms. The molecule has 2 bridgehead atoms. The van der Waals surface area contributed by atoms with Crippen molar-refractivity contribution in [2.24, 2.45) is 11.8 Å². The van der Waals surface area contributed by atoms with Crippen LogP contribution in [-0.2, 0) is 19.1 Å². The van der Waals surface area contributed by atoms with Crippen LogP contribution < -0.4 is 5.32 Å². The van der Waals surface area contributed by atoms with Gasteiger partial charge in [0.15, 0.2) is 0 Å². The van der Waals surface area contributed by atoms with Gasteiger partial charge in [-0.15, -0.1) is 0 Å². The average Bonchev–Trinajstić information content (AvgIpc) is 3.31. The molecule has 7 heteroatoms. The molecule has 4 atom stereocenters. The molecule has 4 aliphatic rings. The van der Waals surface area contributed by atoms with E-state index in [1.165, 1.54) is 11.3 Å². The van der Waals surface area contributed by atoms with Crippen molar-refractivity contribution in [1.82, 2.24) is 10.2 Å². The van der Waals surface area contributed by atoms with Crippen molar-refractivity contribution in [3.05, 3.63) is 0 Å². The zero-order valence-corrected chi connectivity index (χ0v) is 15.2. The molecular weight excluding hydrogens is 336 g/mol. The Balaban J connectivity index is 1.15. The lowest BCUT2D eigenvalue weighted by Gasteiger charge is -2.22. The summed E-state index contributed by atoms with van der Waals surface area (Å²) in [4.78, 5) is 38.2. The quantitative estimate of drug-likeness (QED) is 0.575. The van der Waals surface area contributed by atoms with Gasteiger partial charge in [0.05, 0.1) is 30.7 Å². The van der Waals surface area contributed by atoms with Gasteiger partial charge in [-0.3, -0.25) is 14.5 Å². The van der Waals surface area contributed by atoms with E-state index in [2.05, 4.69) is 5.32 Å². The van der Waals surface area contributed by atoms with Crippen molar-refractivity contribution in [2.75, 3.05) is 13.2 Å². The van der Waals surface area contributed by atoms with Crippen LogP contribution in [-0.4, -0.2) is 54.2 Å². The van der Waals surface area contributed by atoms with Crippen molar-refractivity contribution in [3.8, 4) is 0 Å². The predicted molar refractivity (Wildman–Crippen MR) is 92.2 cm³/mol. The normalized spacial score (nSPS) is 33.6. The van der Waals surface area contributed by atoms with Gasteiger partial charge in [0.2, 0.25) is 11.8 Å². The number of fused-ring (bicyclic) bond motifs is 5. The third kappa shape index (κ3) is 3.33.